The molecular formula is C9H11Cl2NO4S2. The third-order valence-corrected chi connectivity index (χ3v) is 5.32. The number of rotatable bonds is 5. The standard InChI is InChI=1S/C9H11Cl2NO4S2/c1-4(2)7(9(13)14)12-18(15,16)5-3-6(10)17-8(5)11/h3-4,7,12H,1-2H3,(H,13,14)/t7-/m1/s1. The molecule has 0 spiro atoms. The van der Waals surface area contributed by atoms with Crippen molar-refractivity contribution < 1.29 is 18.3 Å². The van der Waals surface area contributed by atoms with Gasteiger partial charge in [-0.15, -0.1) is 11.3 Å². The summed E-state index contributed by atoms with van der Waals surface area (Å²) >= 11 is 12.3. The van der Waals surface area contributed by atoms with Gasteiger partial charge in [0.25, 0.3) is 0 Å². The maximum atomic E-state index is 12.0. The van der Waals surface area contributed by atoms with E-state index < -0.39 is 28.0 Å². The minimum absolute atomic E-state index is 0.000366. The van der Waals surface area contributed by atoms with Gasteiger partial charge in [-0.2, -0.15) is 4.72 Å². The van der Waals surface area contributed by atoms with Crippen LogP contribution in [0.3, 0.4) is 0 Å². The van der Waals surface area contributed by atoms with Gasteiger partial charge in [0.15, 0.2) is 0 Å². The molecule has 1 aromatic heterocycles. The summed E-state index contributed by atoms with van der Waals surface area (Å²) in [6, 6.07) is -0.0272. The molecule has 102 valence electrons. The fourth-order valence-electron chi connectivity index (χ4n) is 1.21. The molecule has 1 rings (SSSR count). The van der Waals surface area contributed by atoms with Crippen molar-refractivity contribution in [2.75, 3.05) is 0 Å². The van der Waals surface area contributed by atoms with Gasteiger partial charge in [-0.1, -0.05) is 37.0 Å². The second kappa shape index (κ2) is 5.75. The molecule has 2 N–H and O–H groups in total. The molecule has 0 radical (unpaired) electrons. The van der Waals surface area contributed by atoms with E-state index in [1.807, 2.05) is 0 Å². The average molecular weight is 332 g/mol. The normalized spacial score (nSPS) is 13.8. The zero-order valence-corrected chi connectivity index (χ0v) is 12.6. The third-order valence-electron chi connectivity index (χ3n) is 2.13. The van der Waals surface area contributed by atoms with Gasteiger partial charge in [-0.05, 0) is 12.0 Å². The Labute approximate surface area is 119 Å². The van der Waals surface area contributed by atoms with Crippen molar-refractivity contribution in [1.29, 1.82) is 0 Å². The van der Waals surface area contributed by atoms with Crippen LogP contribution in [-0.4, -0.2) is 25.5 Å². The van der Waals surface area contributed by atoms with Crippen LogP contribution in [0.15, 0.2) is 11.0 Å². The van der Waals surface area contributed by atoms with E-state index >= 15 is 0 Å². The Morgan fingerprint density at radius 1 is 1.44 bits per heavy atom. The number of aliphatic carboxylic acids is 1. The molecule has 9 heteroatoms. The molecule has 0 saturated heterocycles. The number of nitrogens with one attached hydrogen (secondary N) is 1. The van der Waals surface area contributed by atoms with Gasteiger partial charge >= 0.3 is 5.97 Å². The monoisotopic (exact) mass is 331 g/mol. The Bertz CT molecular complexity index is 553. The Hall–Kier alpha value is -0.340. The molecule has 0 aliphatic rings. The van der Waals surface area contributed by atoms with Crippen molar-refractivity contribution in [3.8, 4) is 0 Å². The first-order valence-corrected chi connectivity index (χ1v) is 7.90. The highest BCUT2D eigenvalue weighted by Gasteiger charge is 2.30. The number of halogens is 2. The lowest BCUT2D eigenvalue weighted by molar-refractivity contribution is -0.140. The van der Waals surface area contributed by atoms with Crippen LogP contribution >= 0.6 is 34.5 Å². The molecule has 0 aromatic carbocycles. The molecule has 18 heavy (non-hydrogen) atoms. The van der Waals surface area contributed by atoms with Crippen molar-refractivity contribution in [3.05, 3.63) is 14.7 Å². The largest absolute Gasteiger partial charge is 0.480 e. The average Bonchev–Trinajstić information content (AvgIpc) is 2.54. The van der Waals surface area contributed by atoms with Crippen molar-refractivity contribution in [2.45, 2.75) is 24.8 Å². The highest BCUT2D eigenvalue weighted by atomic mass is 35.5. The molecule has 0 bridgehead atoms. The number of hydrogen-bond acceptors (Lipinski definition) is 4. The number of carbonyl (C=O) groups is 1. The summed E-state index contributed by atoms with van der Waals surface area (Å²) in [5, 5.41) is 8.95. The molecule has 0 amide bonds. The molecule has 1 heterocycles. The van der Waals surface area contributed by atoms with Crippen molar-refractivity contribution in [3.63, 3.8) is 0 Å². The van der Waals surface area contributed by atoms with Gasteiger partial charge in [0.1, 0.15) is 15.3 Å². The van der Waals surface area contributed by atoms with Crippen LogP contribution in [0.4, 0.5) is 0 Å². The van der Waals surface area contributed by atoms with E-state index in [0.29, 0.717) is 0 Å². The fourth-order valence-corrected chi connectivity index (χ4v) is 4.70. The molecule has 0 aliphatic heterocycles. The summed E-state index contributed by atoms with van der Waals surface area (Å²) in [5.41, 5.74) is 0. The lowest BCUT2D eigenvalue weighted by atomic mass is 10.1. The first-order chi connectivity index (χ1) is 8.15. The van der Waals surface area contributed by atoms with Crippen LogP contribution in [-0.2, 0) is 14.8 Å². The van der Waals surface area contributed by atoms with Crippen LogP contribution in [0.2, 0.25) is 8.67 Å². The summed E-state index contributed by atoms with van der Waals surface area (Å²) in [7, 11) is -4.00. The van der Waals surface area contributed by atoms with E-state index in [9.17, 15) is 13.2 Å². The molecule has 0 unspecified atom stereocenters. The van der Waals surface area contributed by atoms with Crippen molar-refractivity contribution in [2.24, 2.45) is 5.92 Å². The summed E-state index contributed by atoms with van der Waals surface area (Å²) in [6.45, 7) is 3.20. The third kappa shape index (κ3) is 3.58. The van der Waals surface area contributed by atoms with E-state index in [-0.39, 0.29) is 13.6 Å². The highest BCUT2D eigenvalue weighted by molar-refractivity contribution is 7.89. The first-order valence-electron chi connectivity index (χ1n) is 4.85. The summed E-state index contributed by atoms with van der Waals surface area (Å²) < 4.78 is 26.3. The van der Waals surface area contributed by atoms with Crippen molar-refractivity contribution in [1.82, 2.24) is 4.72 Å². The molecule has 0 aliphatic carbocycles. The molecular weight excluding hydrogens is 321 g/mol. The van der Waals surface area contributed by atoms with Crippen LogP contribution in [0, 0.1) is 5.92 Å². The lowest BCUT2D eigenvalue weighted by Gasteiger charge is -2.17. The molecule has 0 saturated carbocycles. The topological polar surface area (TPSA) is 83.5 Å². The number of thiophene rings is 1. The molecule has 5 nitrogen and oxygen atoms in total. The maximum absolute atomic E-state index is 12.0. The predicted octanol–water partition coefficient (Wildman–Crippen LogP) is 2.44. The van der Waals surface area contributed by atoms with Gasteiger partial charge in [0, 0.05) is 0 Å². The summed E-state index contributed by atoms with van der Waals surface area (Å²) in [4.78, 5) is 10.8. The number of carboxylic acids is 1. The number of sulfonamides is 1. The molecule has 0 fully saturated rings. The molecule has 1 aromatic rings. The second-order valence-electron chi connectivity index (χ2n) is 3.87. The van der Waals surface area contributed by atoms with Crippen molar-refractivity contribution >= 4 is 50.5 Å². The zero-order valence-electron chi connectivity index (χ0n) is 9.48. The van der Waals surface area contributed by atoms with E-state index in [0.717, 1.165) is 11.3 Å². The first kappa shape index (κ1) is 15.7. The highest BCUT2D eigenvalue weighted by Crippen LogP contribution is 2.34. The fraction of sp³-hybridized carbons (Fsp3) is 0.444. The predicted molar refractivity (Wildman–Crippen MR) is 70.9 cm³/mol. The Morgan fingerprint density at radius 2 is 2.00 bits per heavy atom. The lowest BCUT2D eigenvalue weighted by Crippen LogP contribution is -2.44. The second-order valence-corrected chi connectivity index (χ2v) is 7.84. The van der Waals surface area contributed by atoms with E-state index in [1.54, 1.807) is 13.8 Å². The van der Waals surface area contributed by atoms with Crippen LogP contribution in [0.25, 0.3) is 0 Å². The van der Waals surface area contributed by atoms with Gasteiger partial charge in [0.05, 0.1) is 4.34 Å². The summed E-state index contributed by atoms with van der Waals surface area (Å²) in [5.74, 6) is -1.64. The van der Waals surface area contributed by atoms with E-state index in [2.05, 4.69) is 4.72 Å². The summed E-state index contributed by atoms with van der Waals surface area (Å²) in [6.07, 6.45) is 0. The minimum atomic E-state index is -4.00. The molecule has 1 atom stereocenters. The van der Waals surface area contributed by atoms with Gasteiger partial charge in [-0.3, -0.25) is 4.79 Å². The van der Waals surface area contributed by atoms with E-state index in [4.69, 9.17) is 28.3 Å². The number of carboxylic acid groups (broad SMARTS) is 1. The number of hydrogen-bond donors (Lipinski definition) is 2. The quantitative estimate of drug-likeness (QED) is 0.867. The Morgan fingerprint density at radius 3 is 2.33 bits per heavy atom. The van der Waals surface area contributed by atoms with Crippen LogP contribution in [0.1, 0.15) is 13.8 Å². The van der Waals surface area contributed by atoms with Gasteiger partial charge in [0.2, 0.25) is 10.0 Å². The maximum Gasteiger partial charge on any atom is 0.322 e. The van der Waals surface area contributed by atoms with Gasteiger partial charge < -0.3 is 5.11 Å². The minimum Gasteiger partial charge on any atom is -0.480 e. The van der Waals surface area contributed by atoms with E-state index in [1.165, 1.54) is 6.07 Å². The SMILES string of the molecule is CC(C)[C@@H](NS(=O)(=O)c1cc(Cl)sc1Cl)C(=O)O. The smallest absolute Gasteiger partial charge is 0.322 e. The van der Waals surface area contributed by atoms with Gasteiger partial charge in [-0.25, -0.2) is 8.42 Å². The Balaban J connectivity index is 3.08. The zero-order chi connectivity index (χ0) is 14.1. The Kier molecular flexibility index (Phi) is 5.02. The van der Waals surface area contributed by atoms with Crippen LogP contribution in [0.5, 0.6) is 0 Å². The van der Waals surface area contributed by atoms with Crippen LogP contribution < -0.4 is 4.72 Å².